The number of halogens is 1. The highest BCUT2D eigenvalue weighted by Crippen LogP contribution is 2.26. The third kappa shape index (κ3) is 4.47. The molecule has 0 aliphatic heterocycles. The Bertz CT molecular complexity index is 1070. The van der Waals surface area contributed by atoms with Crippen LogP contribution in [-0.2, 0) is 11.2 Å². The standard InChI is InChI=1S/C23H25FN2O3/c1-4-18(15-6-8-17(24)9-7-15)23(28)25-12-11-16-13-19-14(2)5-10-20(29-3)21(19)26-22(16)27/h5-10,13,18H,4,11-12H2,1-3H3,(H,25,28)(H,26,27). The van der Waals surface area contributed by atoms with Gasteiger partial charge in [-0.1, -0.05) is 25.1 Å². The average molecular weight is 396 g/mol. The number of nitrogens with one attached hydrogen (secondary N) is 2. The van der Waals surface area contributed by atoms with E-state index in [1.165, 1.54) is 12.1 Å². The van der Waals surface area contributed by atoms with Gasteiger partial charge in [0.2, 0.25) is 5.91 Å². The highest BCUT2D eigenvalue weighted by molar-refractivity contribution is 5.88. The molecule has 2 aromatic carbocycles. The largest absolute Gasteiger partial charge is 0.495 e. The number of amides is 1. The summed E-state index contributed by atoms with van der Waals surface area (Å²) in [6, 6.07) is 11.6. The Kier molecular flexibility index (Phi) is 6.32. The quantitative estimate of drug-likeness (QED) is 0.638. The molecule has 1 aromatic heterocycles. The topological polar surface area (TPSA) is 71.2 Å². The smallest absolute Gasteiger partial charge is 0.251 e. The summed E-state index contributed by atoms with van der Waals surface area (Å²) in [6.45, 7) is 4.23. The maximum Gasteiger partial charge on any atom is 0.251 e. The lowest BCUT2D eigenvalue weighted by atomic mass is 9.95. The number of fused-ring (bicyclic) bond motifs is 1. The van der Waals surface area contributed by atoms with Gasteiger partial charge in [-0.2, -0.15) is 0 Å². The summed E-state index contributed by atoms with van der Waals surface area (Å²) < 4.78 is 18.5. The number of methoxy groups -OCH3 is 1. The Morgan fingerprint density at radius 2 is 1.93 bits per heavy atom. The van der Waals surface area contributed by atoms with Gasteiger partial charge in [0.25, 0.3) is 5.56 Å². The number of aromatic nitrogens is 1. The fraction of sp³-hybridized carbons (Fsp3) is 0.304. The van der Waals surface area contributed by atoms with Gasteiger partial charge < -0.3 is 15.0 Å². The molecule has 0 saturated heterocycles. The Balaban J connectivity index is 1.72. The molecule has 3 rings (SSSR count). The van der Waals surface area contributed by atoms with Gasteiger partial charge >= 0.3 is 0 Å². The van der Waals surface area contributed by atoms with Gasteiger partial charge in [-0.15, -0.1) is 0 Å². The van der Waals surface area contributed by atoms with Crippen LogP contribution in [0.25, 0.3) is 10.9 Å². The molecule has 1 heterocycles. The second-order valence-electron chi connectivity index (χ2n) is 7.05. The van der Waals surface area contributed by atoms with Crippen molar-refractivity contribution in [3.8, 4) is 5.75 Å². The molecule has 29 heavy (non-hydrogen) atoms. The summed E-state index contributed by atoms with van der Waals surface area (Å²) >= 11 is 0. The van der Waals surface area contributed by atoms with Crippen molar-refractivity contribution in [2.45, 2.75) is 32.6 Å². The number of carbonyl (C=O) groups excluding carboxylic acids is 1. The molecular weight excluding hydrogens is 371 g/mol. The van der Waals surface area contributed by atoms with Crippen LogP contribution in [0.5, 0.6) is 5.75 Å². The molecule has 0 bridgehead atoms. The van der Waals surface area contributed by atoms with E-state index in [0.29, 0.717) is 36.2 Å². The number of rotatable bonds is 7. The van der Waals surface area contributed by atoms with Crippen molar-refractivity contribution >= 4 is 16.8 Å². The first kappa shape index (κ1) is 20.6. The fourth-order valence-electron chi connectivity index (χ4n) is 3.52. The normalized spacial score (nSPS) is 12.0. The molecule has 152 valence electrons. The fourth-order valence-corrected chi connectivity index (χ4v) is 3.52. The summed E-state index contributed by atoms with van der Waals surface area (Å²) in [5.74, 6) is -0.190. The van der Waals surface area contributed by atoms with E-state index in [2.05, 4.69) is 10.3 Å². The van der Waals surface area contributed by atoms with Crippen molar-refractivity contribution in [1.82, 2.24) is 10.3 Å². The molecule has 0 aliphatic carbocycles. The number of hydrogen-bond acceptors (Lipinski definition) is 3. The Morgan fingerprint density at radius 1 is 1.21 bits per heavy atom. The third-order valence-corrected chi connectivity index (χ3v) is 5.18. The van der Waals surface area contributed by atoms with Gasteiger partial charge in [0.15, 0.2) is 0 Å². The second kappa shape index (κ2) is 8.90. The number of H-pyrrole nitrogens is 1. The molecule has 1 unspecified atom stereocenters. The molecule has 0 spiro atoms. The van der Waals surface area contributed by atoms with Crippen LogP contribution in [0.1, 0.15) is 36.0 Å². The zero-order chi connectivity index (χ0) is 21.0. The maximum atomic E-state index is 13.1. The molecular formula is C23H25FN2O3. The van der Waals surface area contributed by atoms with E-state index in [9.17, 15) is 14.0 Å². The van der Waals surface area contributed by atoms with Crippen molar-refractivity contribution < 1.29 is 13.9 Å². The van der Waals surface area contributed by atoms with Gasteiger partial charge in [0, 0.05) is 17.5 Å². The molecule has 1 amide bonds. The van der Waals surface area contributed by atoms with Gasteiger partial charge in [0.1, 0.15) is 11.6 Å². The number of pyridine rings is 1. The van der Waals surface area contributed by atoms with Gasteiger partial charge in [-0.25, -0.2) is 4.39 Å². The van der Waals surface area contributed by atoms with Crippen molar-refractivity contribution in [2.24, 2.45) is 0 Å². The Morgan fingerprint density at radius 3 is 2.59 bits per heavy atom. The monoisotopic (exact) mass is 396 g/mol. The zero-order valence-electron chi connectivity index (χ0n) is 16.8. The molecule has 5 nitrogen and oxygen atoms in total. The molecule has 0 saturated carbocycles. The van der Waals surface area contributed by atoms with Crippen LogP contribution in [0, 0.1) is 12.7 Å². The summed E-state index contributed by atoms with van der Waals surface area (Å²) in [6.07, 6.45) is 1.01. The number of benzene rings is 2. The SMILES string of the molecule is CCC(C(=O)NCCc1cc2c(C)ccc(OC)c2[nH]c1=O)c1ccc(F)cc1. The lowest BCUT2D eigenvalue weighted by Gasteiger charge is -2.15. The van der Waals surface area contributed by atoms with Crippen molar-refractivity contribution in [2.75, 3.05) is 13.7 Å². The van der Waals surface area contributed by atoms with Crippen LogP contribution < -0.4 is 15.6 Å². The molecule has 1 atom stereocenters. The molecule has 0 aliphatic rings. The molecule has 0 fully saturated rings. The van der Waals surface area contributed by atoms with E-state index in [4.69, 9.17) is 4.74 Å². The predicted octanol–water partition coefficient (Wildman–Crippen LogP) is 3.84. The number of hydrogen-bond donors (Lipinski definition) is 2. The van der Waals surface area contributed by atoms with E-state index < -0.39 is 0 Å². The number of ether oxygens (including phenoxy) is 1. The lowest BCUT2D eigenvalue weighted by Crippen LogP contribution is -2.31. The van der Waals surface area contributed by atoms with E-state index >= 15 is 0 Å². The van der Waals surface area contributed by atoms with E-state index in [0.717, 1.165) is 16.5 Å². The first-order chi connectivity index (χ1) is 13.9. The minimum absolute atomic E-state index is 0.130. The number of aryl methyl sites for hydroxylation is 1. The Labute approximate surface area is 168 Å². The van der Waals surface area contributed by atoms with Gasteiger partial charge in [0.05, 0.1) is 18.5 Å². The predicted molar refractivity (Wildman–Crippen MR) is 112 cm³/mol. The highest BCUT2D eigenvalue weighted by atomic mass is 19.1. The minimum Gasteiger partial charge on any atom is -0.495 e. The second-order valence-corrected chi connectivity index (χ2v) is 7.05. The highest BCUT2D eigenvalue weighted by Gasteiger charge is 2.18. The van der Waals surface area contributed by atoms with Crippen molar-refractivity contribution in [3.05, 3.63) is 75.3 Å². The van der Waals surface area contributed by atoms with Crippen LogP contribution in [0.2, 0.25) is 0 Å². The molecule has 6 heteroatoms. The van der Waals surface area contributed by atoms with E-state index in [-0.39, 0.29) is 23.2 Å². The summed E-state index contributed by atoms with van der Waals surface area (Å²) in [5, 5.41) is 3.82. The van der Waals surface area contributed by atoms with Crippen LogP contribution in [0.15, 0.2) is 47.3 Å². The number of carbonyl (C=O) groups is 1. The van der Waals surface area contributed by atoms with Gasteiger partial charge in [-0.05, 0) is 55.2 Å². The van der Waals surface area contributed by atoms with Crippen LogP contribution >= 0.6 is 0 Å². The van der Waals surface area contributed by atoms with E-state index in [1.807, 2.05) is 32.0 Å². The zero-order valence-corrected chi connectivity index (χ0v) is 16.8. The van der Waals surface area contributed by atoms with Crippen LogP contribution in [-0.4, -0.2) is 24.5 Å². The average Bonchev–Trinajstić information content (AvgIpc) is 2.71. The summed E-state index contributed by atoms with van der Waals surface area (Å²) in [5.41, 5.74) is 2.89. The first-order valence-electron chi connectivity index (χ1n) is 9.67. The maximum absolute atomic E-state index is 13.1. The Hall–Kier alpha value is -3.15. The lowest BCUT2D eigenvalue weighted by molar-refractivity contribution is -0.122. The van der Waals surface area contributed by atoms with E-state index in [1.54, 1.807) is 19.2 Å². The van der Waals surface area contributed by atoms with Crippen LogP contribution in [0.3, 0.4) is 0 Å². The van der Waals surface area contributed by atoms with Gasteiger partial charge in [-0.3, -0.25) is 9.59 Å². The van der Waals surface area contributed by atoms with Crippen LogP contribution in [0.4, 0.5) is 4.39 Å². The van der Waals surface area contributed by atoms with Crippen molar-refractivity contribution in [1.29, 1.82) is 0 Å². The molecule has 2 N–H and O–H groups in total. The summed E-state index contributed by atoms with van der Waals surface area (Å²) in [7, 11) is 1.57. The number of aromatic amines is 1. The summed E-state index contributed by atoms with van der Waals surface area (Å²) in [4.78, 5) is 27.9. The third-order valence-electron chi connectivity index (χ3n) is 5.18. The minimum atomic E-state index is -0.350. The molecule has 3 aromatic rings. The molecule has 0 radical (unpaired) electrons. The van der Waals surface area contributed by atoms with Crippen molar-refractivity contribution in [3.63, 3.8) is 0 Å². The first-order valence-corrected chi connectivity index (χ1v) is 9.67.